The van der Waals surface area contributed by atoms with Gasteiger partial charge in [0.1, 0.15) is 6.04 Å². The molecule has 0 aliphatic heterocycles. The molecule has 1 rings (SSSR count). The number of amides is 3. The van der Waals surface area contributed by atoms with Crippen LogP contribution < -0.4 is 16.4 Å². The summed E-state index contributed by atoms with van der Waals surface area (Å²) in [5.74, 6) is -1.86. The van der Waals surface area contributed by atoms with E-state index in [0.717, 1.165) is 6.42 Å². The molecule has 7 nitrogen and oxygen atoms in total. The maximum atomic E-state index is 11.6. The maximum absolute atomic E-state index is 11.6. The van der Waals surface area contributed by atoms with Crippen molar-refractivity contribution in [1.29, 1.82) is 0 Å². The first-order valence-corrected chi connectivity index (χ1v) is 5.51. The van der Waals surface area contributed by atoms with E-state index in [9.17, 15) is 14.4 Å². The highest BCUT2D eigenvalue weighted by molar-refractivity contribution is 5.86. The third kappa shape index (κ3) is 3.61. The molecule has 0 saturated heterocycles. The predicted octanol–water partition coefficient (Wildman–Crippen LogP) is -0.587. The number of carbonyl (C=O) groups excluding carboxylic acids is 2. The van der Waals surface area contributed by atoms with E-state index in [1.54, 1.807) is 0 Å². The molecule has 0 heterocycles. The third-order valence-corrected chi connectivity index (χ3v) is 2.91. The van der Waals surface area contributed by atoms with Gasteiger partial charge < -0.3 is 21.5 Å². The molecule has 1 aliphatic carbocycles. The Bertz CT molecular complexity index is 332. The van der Waals surface area contributed by atoms with Crippen LogP contribution >= 0.6 is 0 Å². The zero-order chi connectivity index (χ0) is 13.0. The minimum Gasteiger partial charge on any atom is -0.481 e. The first-order chi connectivity index (χ1) is 7.91. The minimum atomic E-state index is -0.900. The van der Waals surface area contributed by atoms with E-state index in [4.69, 9.17) is 10.8 Å². The second kappa shape index (κ2) is 5.51. The summed E-state index contributed by atoms with van der Waals surface area (Å²) >= 11 is 0. The lowest BCUT2D eigenvalue weighted by atomic mass is 10.0. The van der Waals surface area contributed by atoms with E-state index < -0.39 is 29.9 Å². The fourth-order valence-corrected chi connectivity index (χ4v) is 2.02. The molecule has 3 unspecified atom stereocenters. The summed E-state index contributed by atoms with van der Waals surface area (Å²) in [7, 11) is 0. The van der Waals surface area contributed by atoms with Crippen molar-refractivity contribution in [3.8, 4) is 0 Å². The van der Waals surface area contributed by atoms with Gasteiger partial charge in [0.15, 0.2) is 0 Å². The molecule has 5 N–H and O–H groups in total. The van der Waals surface area contributed by atoms with Crippen molar-refractivity contribution in [2.75, 3.05) is 0 Å². The average Bonchev–Trinajstić information content (AvgIpc) is 2.64. The highest BCUT2D eigenvalue weighted by Crippen LogP contribution is 2.25. The fourth-order valence-electron chi connectivity index (χ4n) is 2.02. The van der Waals surface area contributed by atoms with Gasteiger partial charge >= 0.3 is 12.0 Å². The van der Waals surface area contributed by atoms with Crippen LogP contribution in [0, 0.1) is 5.92 Å². The summed E-state index contributed by atoms with van der Waals surface area (Å²) in [6.45, 7) is 1.49. The quantitative estimate of drug-likeness (QED) is 0.527. The summed E-state index contributed by atoms with van der Waals surface area (Å²) < 4.78 is 0. The Morgan fingerprint density at radius 2 is 2.00 bits per heavy atom. The van der Waals surface area contributed by atoms with Gasteiger partial charge in [0.05, 0.1) is 5.92 Å². The fraction of sp³-hybridized carbons (Fsp3) is 0.700. The summed E-state index contributed by atoms with van der Waals surface area (Å²) in [6.07, 6.45) is 1.99. The number of hydrogen-bond donors (Lipinski definition) is 4. The van der Waals surface area contributed by atoms with Crippen molar-refractivity contribution >= 4 is 17.9 Å². The number of carboxylic acid groups (broad SMARTS) is 1. The van der Waals surface area contributed by atoms with E-state index in [2.05, 4.69) is 10.6 Å². The third-order valence-electron chi connectivity index (χ3n) is 2.91. The summed E-state index contributed by atoms with van der Waals surface area (Å²) in [5, 5.41) is 13.8. The van der Waals surface area contributed by atoms with Crippen LogP contribution in [0.15, 0.2) is 0 Å². The Hall–Kier alpha value is -1.79. The van der Waals surface area contributed by atoms with Gasteiger partial charge in [-0.3, -0.25) is 9.59 Å². The molecule has 96 valence electrons. The van der Waals surface area contributed by atoms with Gasteiger partial charge in [0, 0.05) is 6.04 Å². The SMILES string of the molecule is CC(NC(N)=O)C(=O)NC1CCCC1C(=O)O. The predicted molar refractivity (Wildman–Crippen MR) is 59.1 cm³/mol. The summed E-state index contributed by atoms with van der Waals surface area (Å²) in [6, 6.07) is -1.91. The molecule has 0 aromatic carbocycles. The van der Waals surface area contributed by atoms with Crippen molar-refractivity contribution < 1.29 is 19.5 Å². The van der Waals surface area contributed by atoms with E-state index in [0.29, 0.717) is 12.8 Å². The van der Waals surface area contributed by atoms with Gasteiger partial charge in [0.2, 0.25) is 5.91 Å². The first kappa shape index (κ1) is 13.3. The first-order valence-electron chi connectivity index (χ1n) is 5.51. The molecule has 7 heteroatoms. The van der Waals surface area contributed by atoms with Crippen LogP contribution in [0.2, 0.25) is 0 Å². The van der Waals surface area contributed by atoms with E-state index in [1.807, 2.05) is 0 Å². The molecule has 1 aliphatic rings. The second-order valence-corrected chi connectivity index (χ2v) is 4.22. The molecule has 1 saturated carbocycles. The second-order valence-electron chi connectivity index (χ2n) is 4.22. The number of aliphatic carboxylic acids is 1. The standard InChI is InChI=1S/C10H17N3O4/c1-5(12-10(11)17)8(14)13-7-4-2-3-6(7)9(15)16/h5-7H,2-4H2,1H3,(H,13,14)(H,15,16)(H3,11,12,17). The summed E-state index contributed by atoms with van der Waals surface area (Å²) in [5.41, 5.74) is 4.89. The zero-order valence-corrected chi connectivity index (χ0v) is 9.60. The Labute approximate surface area is 98.7 Å². The van der Waals surface area contributed by atoms with Crippen molar-refractivity contribution in [3.63, 3.8) is 0 Å². The number of carboxylic acids is 1. The lowest BCUT2D eigenvalue weighted by Crippen LogP contribution is -2.50. The van der Waals surface area contributed by atoms with E-state index >= 15 is 0 Å². The van der Waals surface area contributed by atoms with Crippen LogP contribution in [0.3, 0.4) is 0 Å². The van der Waals surface area contributed by atoms with Crippen LogP contribution in [0.1, 0.15) is 26.2 Å². The van der Waals surface area contributed by atoms with Crippen molar-refractivity contribution in [3.05, 3.63) is 0 Å². The van der Waals surface area contributed by atoms with Gasteiger partial charge in [-0.2, -0.15) is 0 Å². The molecule has 17 heavy (non-hydrogen) atoms. The lowest BCUT2D eigenvalue weighted by molar-refractivity contribution is -0.142. The molecular weight excluding hydrogens is 226 g/mol. The topological polar surface area (TPSA) is 122 Å². The van der Waals surface area contributed by atoms with Gasteiger partial charge in [-0.15, -0.1) is 0 Å². The molecule has 0 radical (unpaired) electrons. The van der Waals surface area contributed by atoms with Crippen molar-refractivity contribution in [2.45, 2.75) is 38.3 Å². The Balaban J connectivity index is 2.50. The Morgan fingerprint density at radius 1 is 1.35 bits per heavy atom. The molecule has 3 atom stereocenters. The zero-order valence-electron chi connectivity index (χ0n) is 9.60. The van der Waals surface area contributed by atoms with Crippen LogP contribution in [0.5, 0.6) is 0 Å². The highest BCUT2D eigenvalue weighted by atomic mass is 16.4. The molecular formula is C10H17N3O4. The van der Waals surface area contributed by atoms with Crippen LogP contribution in [-0.4, -0.2) is 35.1 Å². The Morgan fingerprint density at radius 3 is 2.53 bits per heavy atom. The van der Waals surface area contributed by atoms with Gasteiger partial charge in [-0.25, -0.2) is 4.79 Å². The van der Waals surface area contributed by atoms with Crippen LogP contribution in [-0.2, 0) is 9.59 Å². The number of nitrogens with two attached hydrogens (primary N) is 1. The van der Waals surface area contributed by atoms with E-state index in [1.165, 1.54) is 6.92 Å². The Kier molecular flexibility index (Phi) is 4.30. The number of urea groups is 1. The van der Waals surface area contributed by atoms with Gasteiger partial charge in [0.25, 0.3) is 0 Å². The molecule has 0 bridgehead atoms. The van der Waals surface area contributed by atoms with E-state index in [-0.39, 0.29) is 6.04 Å². The molecule has 0 aromatic heterocycles. The van der Waals surface area contributed by atoms with Crippen molar-refractivity contribution in [1.82, 2.24) is 10.6 Å². The molecule has 3 amide bonds. The average molecular weight is 243 g/mol. The molecule has 1 fully saturated rings. The highest BCUT2D eigenvalue weighted by Gasteiger charge is 2.34. The normalized spacial score (nSPS) is 25.0. The van der Waals surface area contributed by atoms with Gasteiger partial charge in [-0.1, -0.05) is 6.42 Å². The number of nitrogens with one attached hydrogen (secondary N) is 2. The largest absolute Gasteiger partial charge is 0.481 e. The number of rotatable bonds is 4. The molecule has 0 spiro atoms. The van der Waals surface area contributed by atoms with Crippen LogP contribution in [0.25, 0.3) is 0 Å². The number of primary amides is 1. The summed E-state index contributed by atoms with van der Waals surface area (Å²) in [4.78, 5) is 33.1. The van der Waals surface area contributed by atoms with Gasteiger partial charge in [-0.05, 0) is 19.8 Å². The van der Waals surface area contributed by atoms with Crippen molar-refractivity contribution in [2.24, 2.45) is 11.7 Å². The molecule has 0 aromatic rings. The smallest absolute Gasteiger partial charge is 0.312 e. The van der Waals surface area contributed by atoms with Crippen LogP contribution in [0.4, 0.5) is 4.79 Å². The maximum Gasteiger partial charge on any atom is 0.312 e. The monoisotopic (exact) mass is 243 g/mol. The number of hydrogen-bond acceptors (Lipinski definition) is 3. The lowest BCUT2D eigenvalue weighted by Gasteiger charge is -2.20. The minimum absolute atomic E-state index is 0.364. The number of carbonyl (C=O) groups is 3.